The lowest BCUT2D eigenvalue weighted by molar-refractivity contribution is -0.131. The summed E-state index contributed by atoms with van der Waals surface area (Å²) in [5, 5.41) is 9.27. The Kier molecular flexibility index (Phi) is 8.30. The smallest absolute Gasteiger partial charge is 0.265 e. The molecule has 9 nitrogen and oxygen atoms in total. The molecule has 10 heteroatoms. The van der Waals surface area contributed by atoms with Crippen LogP contribution in [0, 0.1) is 0 Å². The maximum absolute atomic E-state index is 13.4. The van der Waals surface area contributed by atoms with Crippen LogP contribution in [-0.4, -0.2) is 75.7 Å². The Labute approximate surface area is 194 Å². The third-order valence-electron chi connectivity index (χ3n) is 5.79. The van der Waals surface area contributed by atoms with Gasteiger partial charge in [-0.25, -0.2) is 13.9 Å². The van der Waals surface area contributed by atoms with Crippen LogP contribution in [0.15, 0.2) is 53.4 Å². The molecule has 0 aromatic heterocycles. The summed E-state index contributed by atoms with van der Waals surface area (Å²) in [7, 11) is -2.67. The van der Waals surface area contributed by atoms with Crippen LogP contribution in [0.5, 0.6) is 11.5 Å². The molecule has 0 aliphatic carbocycles. The molecule has 1 fully saturated rings. The standard InChI is InChI=1S/C23H30N2O7S/c1-23(22(26)24-27,33(28,29)21-9-7-19(30-2)8-10-21)17-18-3-5-20(6-4-18)32-16-13-25-11-14-31-15-12-25/h3-10,27H,11-17H2,1-2H3,(H,24,26). The molecule has 2 aromatic carbocycles. The van der Waals surface area contributed by atoms with Crippen LogP contribution in [-0.2, 0) is 25.8 Å². The number of hydrogen-bond donors (Lipinski definition) is 2. The highest BCUT2D eigenvalue weighted by molar-refractivity contribution is 7.93. The topological polar surface area (TPSA) is 114 Å². The second kappa shape index (κ2) is 11.0. The monoisotopic (exact) mass is 478 g/mol. The second-order valence-corrected chi connectivity index (χ2v) is 10.4. The lowest BCUT2D eigenvalue weighted by atomic mass is 9.99. The number of sulfone groups is 1. The van der Waals surface area contributed by atoms with E-state index in [1.165, 1.54) is 43.8 Å². The van der Waals surface area contributed by atoms with E-state index in [2.05, 4.69) is 4.90 Å². The van der Waals surface area contributed by atoms with Crippen LogP contribution < -0.4 is 15.0 Å². The highest BCUT2D eigenvalue weighted by Crippen LogP contribution is 2.31. The summed E-state index contributed by atoms with van der Waals surface area (Å²) < 4.78 is 41.0. The van der Waals surface area contributed by atoms with Gasteiger partial charge in [0, 0.05) is 26.1 Å². The van der Waals surface area contributed by atoms with Gasteiger partial charge in [0.05, 0.1) is 25.2 Å². The number of carbonyl (C=O) groups is 1. The number of hydrogen-bond acceptors (Lipinski definition) is 8. The van der Waals surface area contributed by atoms with Crippen LogP contribution in [0.25, 0.3) is 0 Å². The largest absolute Gasteiger partial charge is 0.497 e. The predicted molar refractivity (Wildman–Crippen MR) is 121 cm³/mol. The summed E-state index contributed by atoms with van der Waals surface area (Å²) in [5.74, 6) is 0.133. The van der Waals surface area contributed by atoms with Crippen LogP contribution in [0.1, 0.15) is 12.5 Å². The van der Waals surface area contributed by atoms with Crippen molar-refractivity contribution in [2.45, 2.75) is 23.0 Å². The normalized spacial score (nSPS) is 16.6. The molecule has 1 aliphatic heterocycles. The summed E-state index contributed by atoms with van der Waals surface area (Å²) in [4.78, 5) is 14.8. The van der Waals surface area contributed by atoms with E-state index in [9.17, 15) is 18.4 Å². The van der Waals surface area contributed by atoms with Crippen molar-refractivity contribution < 1.29 is 32.6 Å². The molecule has 1 saturated heterocycles. The third kappa shape index (κ3) is 5.83. The van der Waals surface area contributed by atoms with E-state index in [0.29, 0.717) is 23.7 Å². The number of rotatable bonds is 10. The Morgan fingerprint density at radius 2 is 1.70 bits per heavy atom. The average molecular weight is 479 g/mol. The molecule has 0 spiro atoms. The first-order valence-corrected chi connectivity index (χ1v) is 12.1. The molecule has 1 atom stereocenters. The fourth-order valence-corrected chi connectivity index (χ4v) is 5.30. The Balaban J connectivity index is 1.71. The SMILES string of the molecule is COc1ccc(S(=O)(=O)C(C)(Cc2ccc(OCCN3CCOCC3)cc2)C(=O)NO)cc1. The maximum Gasteiger partial charge on any atom is 0.265 e. The van der Waals surface area contributed by atoms with Crippen LogP contribution in [0.2, 0.25) is 0 Å². The zero-order valence-electron chi connectivity index (χ0n) is 18.8. The van der Waals surface area contributed by atoms with E-state index >= 15 is 0 Å². The Morgan fingerprint density at radius 3 is 2.27 bits per heavy atom. The van der Waals surface area contributed by atoms with Gasteiger partial charge in [-0.15, -0.1) is 0 Å². The number of benzene rings is 2. The molecule has 0 saturated carbocycles. The van der Waals surface area contributed by atoms with Gasteiger partial charge >= 0.3 is 0 Å². The number of nitrogens with zero attached hydrogens (tertiary/aromatic N) is 1. The maximum atomic E-state index is 13.4. The Bertz CT molecular complexity index is 1020. The number of ether oxygens (including phenoxy) is 3. The van der Waals surface area contributed by atoms with Gasteiger partial charge in [0.25, 0.3) is 5.91 Å². The molecule has 33 heavy (non-hydrogen) atoms. The molecule has 1 aliphatic rings. The minimum absolute atomic E-state index is 0.0440. The summed E-state index contributed by atoms with van der Waals surface area (Å²) >= 11 is 0. The number of hydroxylamine groups is 1. The summed E-state index contributed by atoms with van der Waals surface area (Å²) in [6.07, 6.45) is -0.137. The zero-order valence-corrected chi connectivity index (χ0v) is 19.6. The lowest BCUT2D eigenvalue weighted by Crippen LogP contribution is -2.51. The molecule has 3 rings (SSSR count). The summed E-state index contributed by atoms with van der Waals surface area (Å²) in [6, 6.07) is 12.7. The van der Waals surface area contributed by atoms with E-state index in [1.807, 2.05) is 0 Å². The molecular formula is C23H30N2O7S. The number of amides is 1. The molecular weight excluding hydrogens is 448 g/mol. The van der Waals surface area contributed by atoms with Gasteiger partial charge in [0.1, 0.15) is 18.1 Å². The van der Waals surface area contributed by atoms with E-state index in [4.69, 9.17) is 14.2 Å². The van der Waals surface area contributed by atoms with Crippen molar-refractivity contribution in [2.75, 3.05) is 46.6 Å². The summed E-state index contributed by atoms with van der Waals surface area (Å²) in [5.41, 5.74) is 2.12. The average Bonchev–Trinajstić information content (AvgIpc) is 2.85. The minimum Gasteiger partial charge on any atom is -0.497 e. The zero-order chi connectivity index (χ0) is 23.9. The molecule has 2 aromatic rings. The first-order chi connectivity index (χ1) is 15.8. The van der Waals surface area contributed by atoms with Crippen molar-refractivity contribution in [3.05, 3.63) is 54.1 Å². The van der Waals surface area contributed by atoms with E-state index < -0.39 is 20.5 Å². The molecule has 180 valence electrons. The van der Waals surface area contributed by atoms with Crippen molar-refractivity contribution in [2.24, 2.45) is 0 Å². The Morgan fingerprint density at radius 1 is 1.09 bits per heavy atom. The van der Waals surface area contributed by atoms with Crippen molar-refractivity contribution >= 4 is 15.7 Å². The molecule has 1 unspecified atom stereocenters. The molecule has 1 amide bonds. The van der Waals surface area contributed by atoms with Gasteiger partial charge in [-0.05, 0) is 48.9 Å². The van der Waals surface area contributed by atoms with E-state index in [-0.39, 0.29) is 11.3 Å². The lowest BCUT2D eigenvalue weighted by Gasteiger charge is -2.27. The minimum atomic E-state index is -4.15. The molecule has 0 radical (unpaired) electrons. The first-order valence-electron chi connectivity index (χ1n) is 10.7. The highest BCUT2D eigenvalue weighted by Gasteiger charge is 2.47. The molecule has 1 heterocycles. The van der Waals surface area contributed by atoms with E-state index in [0.717, 1.165) is 32.8 Å². The van der Waals surface area contributed by atoms with Gasteiger partial charge in [-0.1, -0.05) is 12.1 Å². The summed E-state index contributed by atoms with van der Waals surface area (Å²) in [6.45, 7) is 5.84. The Hall–Kier alpha value is -2.66. The van der Waals surface area contributed by atoms with Gasteiger partial charge < -0.3 is 14.2 Å². The van der Waals surface area contributed by atoms with E-state index in [1.54, 1.807) is 24.3 Å². The number of morpholine rings is 1. The van der Waals surface area contributed by atoms with Crippen molar-refractivity contribution in [3.8, 4) is 11.5 Å². The molecule has 0 bridgehead atoms. The highest BCUT2D eigenvalue weighted by atomic mass is 32.2. The first kappa shape index (κ1) is 25.0. The van der Waals surface area contributed by atoms with Gasteiger partial charge in [0.2, 0.25) is 0 Å². The number of nitrogens with one attached hydrogen (secondary N) is 1. The van der Waals surface area contributed by atoms with Crippen LogP contribution in [0.4, 0.5) is 0 Å². The van der Waals surface area contributed by atoms with Crippen LogP contribution >= 0.6 is 0 Å². The van der Waals surface area contributed by atoms with Gasteiger partial charge in [-0.3, -0.25) is 14.9 Å². The molecule has 2 N–H and O–H groups in total. The second-order valence-electron chi connectivity index (χ2n) is 7.97. The number of methoxy groups -OCH3 is 1. The number of carbonyl (C=O) groups excluding carboxylic acids is 1. The van der Waals surface area contributed by atoms with Crippen molar-refractivity contribution in [1.82, 2.24) is 10.4 Å². The van der Waals surface area contributed by atoms with Crippen molar-refractivity contribution in [1.29, 1.82) is 0 Å². The van der Waals surface area contributed by atoms with Crippen molar-refractivity contribution in [3.63, 3.8) is 0 Å². The van der Waals surface area contributed by atoms with Gasteiger partial charge in [0.15, 0.2) is 14.6 Å². The quantitative estimate of drug-likeness (QED) is 0.392. The fourth-order valence-electron chi connectivity index (χ4n) is 3.64. The fraction of sp³-hybridized carbons (Fsp3) is 0.435. The third-order valence-corrected chi connectivity index (χ3v) is 8.20. The van der Waals surface area contributed by atoms with Gasteiger partial charge in [-0.2, -0.15) is 0 Å². The predicted octanol–water partition coefficient (Wildman–Crippen LogP) is 1.69. The van der Waals surface area contributed by atoms with Crippen LogP contribution in [0.3, 0.4) is 0 Å².